The van der Waals surface area contributed by atoms with Gasteiger partial charge in [-0.15, -0.1) is 0 Å². The van der Waals surface area contributed by atoms with Crippen molar-refractivity contribution in [1.29, 1.82) is 0 Å². The molecule has 3 aromatic rings. The van der Waals surface area contributed by atoms with Gasteiger partial charge >= 0.3 is 12.2 Å². The van der Waals surface area contributed by atoms with Gasteiger partial charge in [0.25, 0.3) is 0 Å². The summed E-state index contributed by atoms with van der Waals surface area (Å²) < 4.78 is 11.4. The number of hydrogen-bond acceptors (Lipinski definition) is 3. The molecule has 4 nitrogen and oxygen atoms in total. The van der Waals surface area contributed by atoms with Gasteiger partial charge in [-0.3, -0.25) is 4.79 Å². The number of fused-ring (bicyclic) bond motifs is 3. The lowest BCUT2D eigenvalue weighted by Gasteiger charge is -2.11. The summed E-state index contributed by atoms with van der Waals surface area (Å²) in [6.45, 7) is 0.495. The first-order valence-corrected chi connectivity index (χ1v) is 8.67. The second-order valence-electron chi connectivity index (χ2n) is 6.61. The lowest BCUT2D eigenvalue weighted by Crippen LogP contribution is -2.40. The quantitative estimate of drug-likeness (QED) is 0.789. The second kappa shape index (κ2) is 5.92. The molecule has 0 unspecified atom stereocenters. The molecule has 1 amide bonds. The van der Waals surface area contributed by atoms with Crippen molar-refractivity contribution in [2.24, 2.45) is 0 Å². The Balaban J connectivity index is 1.25. The Bertz CT molecular complexity index is 1010. The third-order valence-corrected chi connectivity index (χ3v) is 4.82. The van der Waals surface area contributed by atoms with E-state index in [1.807, 2.05) is 48.5 Å². The molecule has 2 aliphatic rings. The van der Waals surface area contributed by atoms with Gasteiger partial charge in [0.05, 0.1) is 0 Å². The van der Waals surface area contributed by atoms with Crippen LogP contribution in [0.15, 0.2) is 66.2 Å². The maximum absolute atomic E-state index is 12.4. The predicted octanol–water partition coefficient (Wildman–Crippen LogP) is 3.69. The molecular formula is C22H17NO3. The monoisotopic (exact) mass is 343 g/mol. The van der Waals surface area contributed by atoms with Gasteiger partial charge < -0.3 is 14.8 Å². The number of nitrogens with one attached hydrogen (secondary N) is 1. The van der Waals surface area contributed by atoms with Crippen LogP contribution in [0, 0.1) is 0 Å². The van der Waals surface area contributed by atoms with Crippen LogP contribution in [0.1, 0.15) is 11.1 Å². The summed E-state index contributed by atoms with van der Waals surface area (Å²) in [6.07, 6.45) is 2.06. The van der Waals surface area contributed by atoms with E-state index in [1.54, 1.807) is 0 Å². The van der Waals surface area contributed by atoms with Crippen LogP contribution in [-0.4, -0.2) is 18.7 Å². The predicted molar refractivity (Wildman–Crippen MR) is 100 cm³/mol. The minimum atomic E-state index is -0.939. The molecule has 1 N–H and O–H groups in total. The topological polar surface area (TPSA) is 47.6 Å². The number of carbonyl (C=O) groups excluding carboxylic acids is 1. The molecule has 0 saturated carbocycles. The van der Waals surface area contributed by atoms with E-state index in [1.165, 1.54) is 16.7 Å². The highest BCUT2D eigenvalue weighted by Gasteiger charge is 2.31. The maximum Gasteiger partial charge on any atom is 0.321 e. The summed E-state index contributed by atoms with van der Waals surface area (Å²) >= 11 is 0. The van der Waals surface area contributed by atoms with Crippen molar-refractivity contribution in [3.63, 3.8) is 0 Å². The number of amides is 1. The summed E-state index contributed by atoms with van der Waals surface area (Å²) in [5, 5.41) is 5.04. The SMILES string of the molecule is O=C(NCC1=Cc2ccccc2C1)C1Oc2cc3ccccc3cc2O1. The van der Waals surface area contributed by atoms with Crippen LogP contribution in [0.25, 0.3) is 16.8 Å². The Hall–Kier alpha value is -3.27. The molecule has 0 saturated heterocycles. The van der Waals surface area contributed by atoms with Crippen molar-refractivity contribution in [2.45, 2.75) is 12.7 Å². The van der Waals surface area contributed by atoms with Gasteiger partial charge in [-0.1, -0.05) is 54.6 Å². The molecule has 0 bridgehead atoms. The maximum atomic E-state index is 12.4. The highest BCUT2D eigenvalue weighted by atomic mass is 16.7. The van der Waals surface area contributed by atoms with Crippen LogP contribution >= 0.6 is 0 Å². The van der Waals surface area contributed by atoms with Crippen molar-refractivity contribution in [3.05, 3.63) is 77.4 Å². The minimum absolute atomic E-state index is 0.262. The van der Waals surface area contributed by atoms with Crippen molar-refractivity contribution >= 4 is 22.8 Å². The fourth-order valence-electron chi connectivity index (χ4n) is 3.49. The molecule has 128 valence electrons. The number of ether oxygens (including phenoxy) is 2. The van der Waals surface area contributed by atoms with Crippen LogP contribution in [0.3, 0.4) is 0 Å². The first kappa shape index (κ1) is 15.0. The molecular weight excluding hydrogens is 326 g/mol. The molecule has 1 heterocycles. The highest BCUT2D eigenvalue weighted by molar-refractivity contribution is 5.88. The molecule has 0 fully saturated rings. The Morgan fingerprint density at radius 3 is 2.31 bits per heavy atom. The lowest BCUT2D eigenvalue weighted by atomic mass is 10.1. The molecule has 0 radical (unpaired) electrons. The van der Waals surface area contributed by atoms with E-state index >= 15 is 0 Å². The molecule has 5 rings (SSSR count). The first-order valence-electron chi connectivity index (χ1n) is 8.67. The van der Waals surface area contributed by atoms with Crippen LogP contribution in [0.4, 0.5) is 0 Å². The van der Waals surface area contributed by atoms with Gasteiger partial charge in [0.2, 0.25) is 0 Å². The Kier molecular flexibility index (Phi) is 3.42. The molecule has 0 aromatic heterocycles. The standard InChI is InChI=1S/C22H17NO3/c24-21(23-13-14-9-15-5-1-2-6-16(15)10-14)22-25-19-11-17-7-3-4-8-18(17)12-20(19)26-22/h1-9,11-12,22H,10,13H2,(H,23,24). The van der Waals surface area contributed by atoms with Gasteiger partial charge in [-0.05, 0) is 46.0 Å². The second-order valence-corrected chi connectivity index (χ2v) is 6.61. The van der Waals surface area contributed by atoms with E-state index in [-0.39, 0.29) is 5.91 Å². The molecule has 0 atom stereocenters. The van der Waals surface area contributed by atoms with Gasteiger partial charge in [-0.2, -0.15) is 0 Å². The van der Waals surface area contributed by atoms with Gasteiger partial charge in [0.1, 0.15) is 0 Å². The average molecular weight is 343 g/mol. The van der Waals surface area contributed by atoms with Crippen LogP contribution < -0.4 is 14.8 Å². The van der Waals surface area contributed by atoms with Crippen LogP contribution in [-0.2, 0) is 11.2 Å². The van der Waals surface area contributed by atoms with Crippen LogP contribution in [0.2, 0.25) is 0 Å². The van der Waals surface area contributed by atoms with E-state index in [2.05, 4.69) is 23.5 Å². The smallest absolute Gasteiger partial charge is 0.321 e. The summed E-state index contributed by atoms with van der Waals surface area (Å²) in [5.74, 6) is 0.954. The molecule has 26 heavy (non-hydrogen) atoms. The Morgan fingerprint density at radius 1 is 0.962 bits per heavy atom. The van der Waals surface area contributed by atoms with Crippen LogP contribution in [0.5, 0.6) is 11.5 Å². The summed E-state index contributed by atoms with van der Waals surface area (Å²) in [7, 11) is 0. The molecule has 0 spiro atoms. The number of benzene rings is 3. The van der Waals surface area contributed by atoms with E-state index < -0.39 is 6.29 Å². The molecule has 3 aromatic carbocycles. The zero-order valence-corrected chi connectivity index (χ0v) is 14.1. The molecule has 1 aliphatic heterocycles. The average Bonchev–Trinajstić information content (AvgIpc) is 3.27. The largest absolute Gasteiger partial charge is 0.442 e. The fraction of sp³-hybridized carbons (Fsp3) is 0.136. The third-order valence-electron chi connectivity index (χ3n) is 4.82. The zero-order valence-electron chi connectivity index (χ0n) is 14.1. The number of hydrogen-bond donors (Lipinski definition) is 1. The minimum Gasteiger partial charge on any atom is -0.442 e. The van der Waals surface area contributed by atoms with E-state index in [0.717, 1.165) is 17.2 Å². The van der Waals surface area contributed by atoms with Crippen molar-refractivity contribution in [1.82, 2.24) is 5.32 Å². The normalized spacial score (nSPS) is 15.0. The number of carbonyl (C=O) groups is 1. The number of rotatable bonds is 3. The van der Waals surface area contributed by atoms with Gasteiger partial charge in [0.15, 0.2) is 11.5 Å². The zero-order chi connectivity index (χ0) is 17.5. The Labute approximate surface area is 151 Å². The molecule has 4 heteroatoms. The van der Waals surface area contributed by atoms with Gasteiger partial charge in [0, 0.05) is 6.54 Å². The summed E-state index contributed by atoms with van der Waals surface area (Å²) in [4.78, 5) is 12.4. The Morgan fingerprint density at radius 2 is 1.62 bits per heavy atom. The highest BCUT2D eigenvalue weighted by Crippen LogP contribution is 2.38. The van der Waals surface area contributed by atoms with E-state index in [0.29, 0.717) is 18.0 Å². The molecule has 1 aliphatic carbocycles. The fourth-order valence-corrected chi connectivity index (χ4v) is 3.49. The van der Waals surface area contributed by atoms with E-state index in [4.69, 9.17) is 9.47 Å². The van der Waals surface area contributed by atoms with Crippen molar-refractivity contribution in [3.8, 4) is 11.5 Å². The summed E-state index contributed by atoms with van der Waals surface area (Å²) in [5.41, 5.74) is 3.70. The van der Waals surface area contributed by atoms with Gasteiger partial charge in [-0.25, -0.2) is 0 Å². The van der Waals surface area contributed by atoms with Crippen molar-refractivity contribution < 1.29 is 14.3 Å². The summed E-state index contributed by atoms with van der Waals surface area (Å²) in [6, 6.07) is 20.1. The van der Waals surface area contributed by atoms with E-state index in [9.17, 15) is 4.79 Å². The van der Waals surface area contributed by atoms with Crippen molar-refractivity contribution in [2.75, 3.05) is 6.54 Å². The third kappa shape index (κ3) is 2.60. The lowest BCUT2D eigenvalue weighted by molar-refractivity contribution is -0.136. The first-order chi connectivity index (χ1) is 12.8.